The third-order valence-electron chi connectivity index (χ3n) is 1.54. The Morgan fingerprint density at radius 2 is 2.33 bits per heavy atom. The lowest BCUT2D eigenvalue weighted by Gasteiger charge is -1.93. The number of nitrogens with zero attached hydrogens (tertiary/aromatic N) is 3. The number of aromatic nitrogens is 3. The molecule has 2 rings (SSSR count). The maximum Gasteiger partial charge on any atom is 0.170 e. The smallest absolute Gasteiger partial charge is 0.170 e. The molecule has 0 saturated carbocycles. The van der Waals surface area contributed by atoms with Gasteiger partial charge in [-0.3, -0.25) is 4.79 Å². The second kappa shape index (κ2) is 2.57. The van der Waals surface area contributed by atoms with Gasteiger partial charge in [0, 0.05) is 12.4 Å². The number of hydrogen-bond acceptors (Lipinski definition) is 3. The van der Waals surface area contributed by atoms with Crippen LogP contribution in [0.2, 0.25) is 5.15 Å². The van der Waals surface area contributed by atoms with Crippen molar-refractivity contribution in [2.75, 3.05) is 0 Å². The van der Waals surface area contributed by atoms with Gasteiger partial charge >= 0.3 is 0 Å². The Morgan fingerprint density at radius 1 is 1.50 bits per heavy atom. The van der Waals surface area contributed by atoms with Crippen LogP contribution >= 0.6 is 11.6 Å². The topological polar surface area (TPSA) is 47.3 Å². The van der Waals surface area contributed by atoms with Gasteiger partial charge in [0.1, 0.15) is 17.5 Å². The van der Waals surface area contributed by atoms with Crippen molar-refractivity contribution >= 4 is 23.4 Å². The van der Waals surface area contributed by atoms with Gasteiger partial charge in [-0.2, -0.15) is 0 Å². The summed E-state index contributed by atoms with van der Waals surface area (Å²) in [4.78, 5) is 18.2. The summed E-state index contributed by atoms with van der Waals surface area (Å²) in [6.45, 7) is 0. The van der Waals surface area contributed by atoms with Crippen LogP contribution in [0.5, 0.6) is 0 Å². The van der Waals surface area contributed by atoms with Crippen molar-refractivity contribution in [2.24, 2.45) is 0 Å². The number of hydrogen-bond donors (Lipinski definition) is 0. The molecule has 0 unspecified atom stereocenters. The van der Waals surface area contributed by atoms with Crippen molar-refractivity contribution in [1.29, 1.82) is 0 Å². The van der Waals surface area contributed by atoms with Crippen LogP contribution < -0.4 is 0 Å². The maximum absolute atomic E-state index is 10.5. The number of imidazole rings is 1. The van der Waals surface area contributed by atoms with E-state index in [4.69, 9.17) is 11.6 Å². The molecule has 4 nitrogen and oxygen atoms in total. The highest BCUT2D eigenvalue weighted by molar-refractivity contribution is 6.33. The molecule has 0 aromatic carbocycles. The van der Waals surface area contributed by atoms with Gasteiger partial charge < -0.3 is 4.40 Å². The number of carbonyl (C=O) groups is 1. The highest BCUT2D eigenvalue weighted by Gasteiger charge is 2.06. The summed E-state index contributed by atoms with van der Waals surface area (Å²) in [6, 6.07) is 0. The van der Waals surface area contributed by atoms with Crippen molar-refractivity contribution in [1.82, 2.24) is 14.4 Å². The quantitative estimate of drug-likeness (QED) is 0.621. The van der Waals surface area contributed by atoms with Gasteiger partial charge in [0.25, 0.3) is 0 Å². The molecule has 0 bridgehead atoms. The van der Waals surface area contributed by atoms with Crippen LogP contribution in [0.15, 0.2) is 18.7 Å². The van der Waals surface area contributed by atoms with E-state index in [0.717, 1.165) is 0 Å². The fraction of sp³-hybridized carbons (Fsp3) is 0. The lowest BCUT2D eigenvalue weighted by molar-refractivity contribution is 0.112. The molecular formula is C7H4ClN3O. The molecule has 2 aromatic rings. The highest BCUT2D eigenvalue weighted by Crippen LogP contribution is 2.15. The minimum Gasteiger partial charge on any atom is -0.301 e. The Morgan fingerprint density at radius 3 is 3.08 bits per heavy atom. The molecule has 2 aromatic heterocycles. The number of fused-ring (bicyclic) bond motifs is 1. The van der Waals surface area contributed by atoms with Gasteiger partial charge in [0.2, 0.25) is 0 Å². The van der Waals surface area contributed by atoms with Crippen molar-refractivity contribution in [3.8, 4) is 0 Å². The average molecular weight is 182 g/mol. The lowest BCUT2D eigenvalue weighted by Crippen LogP contribution is -1.87. The maximum atomic E-state index is 10.5. The highest BCUT2D eigenvalue weighted by atomic mass is 35.5. The molecule has 5 heteroatoms. The molecule has 0 saturated heterocycles. The van der Waals surface area contributed by atoms with E-state index in [1.54, 1.807) is 16.8 Å². The molecule has 0 amide bonds. The van der Waals surface area contributed by atoms with E-state index in [1.807, 2.05) is 0 Å². The third-order valence-corrected chi connectivity index (χ3v) is 1.82. The SMILES string of the molecule is O=Cc1ncn2ccnc(Cl)c12. The van der Waals surface area contributed by atoms with Crippen molar-refractivity contribution in [2.45, 2.75) is 0 Å². The van der Waals surface area contributed by atoms with E-state index in [1.165, 1.54) is 6.33 Å². The fourth-order valence-corrected chi connectivity index (χ4v) is 1.27. The first-order chi connectivity index (χ1) is 5.83. The van der Waals surface area contributed by atoms with Crippen LogP contribution in [0.4, 0.5) is 0 Å². The van der Waals surface area contributed by atoms with E-state index in [0.29, 0.717) is 17.5 Å². The van der Waals surface area contributed by atoms with Gasteiger partial charge in [-0.15, -0.1) is 0 Å². The molecule has 0 atom stereocenters. The molecule has 0 aliphatic rings. The zero-order valence-corrected chi connectivity index (χ0v) is 6.69. The van der Waals surface area contributed by atoms with Gasteiger partial charge in [0.15, 0.2) is 11.4 Å². The van der Waals surface area contributed by atoms with Crippen LogP contribution in [-0.4, -0.2) is 20.7 Å². The third kappa shape index (κ3) is 0.887. The first-order valence-electron chi connectivity index (χ1n) is 3.25. The van der Waals surface area contributed by atoms with Gasteiger partial charge in [-0.05, 0) is 0 Å². The summed E-state index contributed by atoms with van der Waals surface area (Å²) in [7, 11) is 0. The number of rotatable bonds is 1. The average Bonchev–Trinajstić information content (AvgIpc) is 2.49. The molecule has 0 aliphatic heterocycles. The van der Waals surface area contributed by atoms with Crippen LogP contribution in [0, 0.1) is 0 Å². The predicted molar refractivity (Wildman–Crippen MR) is 43.4 cm³/mol. The Hall–Kier alpha value is -1.42. The largest absolute Gasteiger partial charge is 0.301 e. The first kappa shape index (κ1) is 7.24. The Bertz CT molecular complexity index is 437. The summed E-state index contributed by atoms with van der Waals surface area (Å²) in [6.07, 6.45) is 5.41. The summed E-state index contributed by atoms with van der Waals surface area (Å²) in [5.74, 6) is 0. The number of halogens is 1. The summed E-state index contributed by atoms with van der Waals surface area (Å²) in [5.41, 5.74) is 0.863. The van der Waals surface area contributed by atoms with Crippen LogP contribution in [0.25, 0.3) is 5.52 Å². The molecule has 0 N–H and O–H groups in total. The van der Waals surface area contributed by atoms with Gasteiger partial charge in [0.05, 0.1) is 0 Å². The molecule has 60 valence electrons. The Kier molecular flexibility index (Phi) is 1.55. The monoisotopic (exact) mass is 181 g/mol. The normalized spacial score (nSPS) is 10.4. The van der Waals surface area contributed by atoms with Crippen LogP contribution in [-0.2, 0) is 0 Å². The van der Waals surface area contributed by atoms with E-state index in [9.17, 15) is 4.79 Å². The number of carbonyl (C=O) groups excluding carboxylic acids is 1. The lowest BCUT2D eigenvalue weighted by atomic mass is 10.4. The zero-order chi connectivity index (χ0) is 8.55. The molecule has 0 fully saturated rings. The number of aldehydes is 1. The Balaban J connectivity index is 2.91. The van der Waals surface area contributed by atoms with E-state index < -0.39 is 0 Å². The van der Waals surface area contributed by atoms with Gasteiger partial charge in [-0.1, -0.05) is 11.6 Å². The minimum atomic E-state index is 0.289. The van der Waals surface area contributed by atoms with E-state index >= 15 is 0 Å². The summed E-state index contributed by atoms with van der Waals surface area (Å²) < 4.78 is 1.65. The summed E-state index contributed by atoms with van der Waals surface area (Å²) >= 11 is 5.75. The van der Waals surface area contributed by atoms with Crippen molar-refractivity contribution in [3.63, 3.8) is 0 Å². The summed E-state index contributed by atoms with van der Waals surface area (Å²) in [5, 5.41) is 0.289. The second-order valence-electron chi connectivity index (χ2n) is 2.22. The molecule has 0 spiro atoms. The first-order valence-corrected chi connectivity index (χ1v) is 3.63. The van der Waals surface area contributed by atoms with Crippen LogP contribution in [0.3, 0.4) is 0 Å². The zero-order valence-electron chi connectivity index (χ0n) is 5.94. The van der Waals surface area contributed by atoms with E-state index in [-0.39, 0.29) is 5.15 Å². The fourth-order valence-electron chi connectivity index (χ4n) is 1.02. The minimum absolute atomic E-state index is 0.289. The van der Waals surface area contributed by atoms with Crippen LogP contribution in [0.1, 0.15) is 10.5 Å². The molecular weight excluding hydrogens is 178 g/mol. The molecule has 2 heterocycles. The second-order valence-corrected chi connectivity index (χ2v) is 2.58. The molecule has 0 radical (unpaired) electrons. The van der Waals surface area contributed by atoms with Gasteiger partial charge in [-0.25, -0.2) is 9.97 Å². The van der Waals surface area contributed by atoms with Crippen molar-refractivity contribution in [3.05, 3.63) is 29.6 Å². The molecule has 0 aliphatic carbocycles. The standard InChI is InChI=1S/C7H4ClN3O/c8-7-6-5(3-12)10-4-11(6)2-1-9-7/h1-4H. The van der Waals surface area contributed by atoms with E-state index in [2.05, 4.69) is 9.97 Å². The Labute approximate surface area is 72.8 Å². The predicted octanol–water partition coefficient (Wildman–Crippen LogP) is 1.20. The molecule has 12 heavy (non-hydrogen) atoms. The van der Waals surface area contributed by atoms with Crippen molar-refractivity contribution < 1.29 is 4.79 Å².